The first kappa shape index (κ1) is 20.0. The van der Waals surface area contributed by atoms with Crippen molar-refractivity contribution < 1.29 is 14.3 Å². The van der Waals surface area contributed by atoms with Crippen LogP contribution in [-0.4, -0.2) is 54.4 Å². The van der Waals surface area contributed by atoms with Gasteiger partial charge in [-0.05, 0) is 67.8 Å². The molecule has 2 aliphatic heterocycles. The number of benzene rings is 1. The van der Waals surface area contributed by atoms with E-state index in [1.165, 1.54) is 6.42 Å². The molecule has 2 amide bonds. The van der Waals surface area contributed by atoms with E-state index in [9.17, 15) is 9.59 Å². The lowest BCUT2D eigenvalue weighted by Crippen LogP contribution is -2.41. The molecule has 2 aliphatic rings. The SMILES string of the molecule is O=C(c1ccc(OCC2CCCN(C(=O)c3ccsc3)C2)cc1)N1CCCCC1. The van der Waals surface area contributed by atoms with Gasteiger partial charge in [0.1, 0.15) is 5.75 Å². The van der Waals surface area contributed by atoms with Crippen LogP contribution in [0.25, 0.3) is 0 Å². The summed E-state index contributed by atoms with van der Waals surface area (Å²) in [7, 11) is 0. The fraction of sp³-hybridized carbons (Fsp3) is 0.478. The number of thiophene rings is 1. The minimum Gasteiger partial charge on any atom is -0.493 e. The minimum absolute atomic E-state index is 0.117. The average molecular weight is 413 g/mol. The van der Waals surface area contributed by atoms with Crippen LogP contribution in [0.1, 0.15) is 52.8 Å². The third-order valence-corrected chi connectivity index (χ3v) is 6.49. The molecule has 2 saturated heterocycles. The van der Waals surface area contributed by atoms with E-state index >= 15 is 0 Å². The van der Waals surface area contributed by atoms with Gasteiger partial charge in [-0.2, -0.15) is 11.3 Å². The van der Waals surface area contributed by atoms with Crippen molar-refractivity contribution in [2.24, 2.45) is 5.92 Å². The summed E-state index contributed by atoms with van der Waals surface area (Å²) in [6.07, 6.45) is 5.49. The van der Waals surface area contributed by atoms with Crippen LogP contribution < -0.4 is 4.74 Å². The van der Waals surface area contributed by atoms with Gasteiger partial charge < -0.3 is 14.5 Å². The van der Waals surface area contributed by atoms with Crippen LogP contribution in [0.4, 0.5) is 0 Å². The van der Waals surface area contributed by atoms with Crippen LogP contribution in [0.3, 0.4) is 0 Å². The van der Waals surface area contributed by atoms with E-state index in [0.29, 0.717) is 12.5 Å². The molecule has 5 nitrogen and oxygen atoms in total. The van der Waals surface area contributed by atoms with Crippen molar-refractivity contribution in [1.82, 2.24) is 9.80 Å². The van der Waals surface area contributed by atoms with Crippen LogP contribution in [0.2, 0.25) is 0 Å². The summed E-state index contributed by atoms with van der Waals surface area (Å²) in [4.78, 5) is 29.0. The molecule has 1 unspecified atom stereocenters. The summed E-state index contributed by atoms with van der Waals surface area (Å²) in [5, 5.41) is 3.85. The summed E-state index contributed by atoms with van der Waals surface area (Å²) in [5.41, 5.74) is 1.51. The number of piperidine rings is 2. The molecule has 3 heterocycles. The lowest BCUT2D eigenvalue weighted by atomic mass is 9.98. The van der Waals surface area contributed by atoms with Crippen molar-refractivity contribution in [1.29, 1.82) is 0 Å². The van der Waals surface area contributed by atoms with Gasteiger partial charge in [0.25, 0.3) is 11.8 Å². The highest BCUT2D eigenvalue weighted by molar-refractivity contribution is 7.08. The van der Waals surface area contributed by atoms with Gasteiger partial charge >= 0.3 is 0 Å². The molecule has 2 aromatic rings. The number of hydrogen-bond acceptors (Lipinski definition) is 4. The van der Waals surface area contributed by atoms with Gasteiger partial charge in [-0.15, -0.1) is 0 Å². The third kappa shape index (κ3) is 4.99. The molecule has 0 bridgehead atoms. The molecule has 6 heteroatoms. The number of nitrogens with zero attached hydrogens (tertiary/aromatic N) is 2. The Morgan fingerprint density at radius 3 is 2.34 bits per heavy atom. The number of rotatable bonds is 5. The van der Waals surface area contributed by atoms with Crippen molar-refractivity contribution in [2.75, 3.05) is 32.8 Å². The first-order chi connectivity index (χ1) is 14.2. The van der Waals surface area contributed by atoms with Crippen molar-refractivity contribution >= 4 is 23.2 Å². The zero-order valence-corrected chi connectivity index (χ0v) is 17.5. The molecule has 2 fully saturated rings. The number of amides is 2. The highest BCUT2D eigenvalue weighted by atomic mass is 32.1. The highest BCUT2D eigenvalue weighted by Gasteiger charge is 2.25. The van der Waals surface area contributed by atoms with Crippen LogP contribution in [0, 0.1) is 5.92 Å². The maximum absolute atomic E-state index is 12.6. The van der Waals surface area contributed by atoms with Crippen molar-refractivity contribution in [3.63, 3.8) is 0 Å². The largest absolute Gasteiger partial charge is 0.493 e. The fourth-order valence-corrected chi connectivity index (χ4v) is 4.77. The average Bonchev–Trinajstić information content (AvgIpc) is 3.33. The number of carbonyl (C=O) groups excluding carboxylic acids is 2. The summed E-state index contributed by atoms with van der Waals surface area (Å²) in [6.45, 7) is 3.87. The Kier molecular flexibility index (Phi) is 6.49. The van der Waals surface area contributed by atoms with Crippen molar-refractivity contribution in [2.45, 2.75) is 32.1 Å². The zero-order valence-electron chi connectivity index (χ0n) is 16.7. The summed E-state index contributed by atoms with van der Waals surface area (Å²) >= 11 is 1.55. The van der Waals surface area contributed by atoms with Crippen LogP contribution in [-0.2, 0) is 0 Å². The molecule has 1 atom stereocenters. The van der Waals surface area contributed by atoms with E-state index in [0.717, 1.165) is 68.7 Å². The van der Waals surface area contributed by atoms with Crippen LogP contribution in [0.5, 0.6) is 5.75 Å². The van der Waals surface area contributed by atoms with Crippen molar-refractivity contribution in [3.8, 4) is 5.75 Å². The number of ether oxygens (including phenoxy) is 1. The first-order valence-electron chi connectivity index (χ1n) is 10.5. The molecule has 154 valence electrons. The molecule has 4 rings (SSSR count). The van der Waals surface area contributed by atoms with E-state index in [2.05, 4.69) is 0 Å². The molecule has 0 spiro atoms. The van der Waals surface area contributed by atoms with Gasteiger partial charge in [-0.3, -0.25) is 9.59 Å². The minimum atomic E-state index is 0.117. The fourth-order valence-electron chi connectivity index (χ4n) is 4.14. The number of likely N-dealkylation sites (tertiary alicyclic amines) is 2. The van der Waals surface area contributed by atoms with Crippen molar-refractivity contribution in [3.05, 3.63) is 52.2 Å². The smallest absolute Gasteiger partial charge is 0.254 e. The van der Waals surface area contributed by atoms with E-state index in [-0.39, 0.29) is 11.8 Å². The Hall–Kier alpha value is -2.34. The number of carbonyl (C=O) groups is 2. The molecular formula is C23H28N2O3S. The Labute approximate surface area is 176 Å². The molecular weight excluding hydrogens is 384 g/mol. The van der Waals surface area contributed by atoms with E-state index in [4.69, 9.17) is 4.74 Å². The summed E-state index contributed by atoms with van der Waals surface area (Å²) < 4.78 is 5.98. The Balaban J connectivity index is 1.28. The lowest BCUT2D eigenvalue weighted by molar-refractivity contribution is 0.0633. The van der Waals surface area contributed by atoms with Gasteiger partial charge in [0, 0.05) is 43.0 Å². The summed E-state index contributed by atoms with van der Waals surface area (Å²) in [6, 6.07) is 9.38. The molecule has 0 radical (unpaired) electrons. The summed E-state index contributed by atoms with van der Waals surface area (Å²) in [5.74, 6) is 1.35. The predicted octanol–water partition coefficient (Wildman–Crippen LogP) is 4.31. The number of hydrogen-bond donors (Lipinski definition) is 0. The maximum atomic E-state index is 12.6. The van der Waals surface area contributed by atoms with E-state index in [1.807, 2.05) is 50.9 Å². The standard InChI is InChI=1S/C23H28N2O3S/c26-22(24-11-2-1-3-12-24)19-6-8-21(9-7-19)28-16-18-5-4-13-25(15-18)23(27)20-10-14-29-17-20/h6-10,14,17-18H,1-5,11-13,15-16H2. The zero-order chi connectivity index (χ0) is 20.1. The second-order valence-corrected chi connectivity index (χ2v) is 8.74. The predicted molar refractivity (Wildman–Crippen MR) is 115 cm³/mol. The first-order valence-corrected chi connectivity index (χ1v) is 11.5. The third-order valence-electron chi connectivity index (χ3n) is 5.80. The molecule has 0 N–H and O–H groups in total. The van der Waals surface area contributed by atoms with Gasteiger partial charge in [-0.1, -0.05) is 0 Å². The Bertz CT molecular complexity index is 813. The molecule has 1 aromatic carbocycles. The van der Waals surface area contributed by atoms with Crippen LogP contribution in [0.15, 0.2) is 41.1 Å². The topological polar surface area (TPSA) is 49.9 Å². The van der Waals surface area contributed by atoms with Crippen LogP contribution >= 0.6 is 11.3 Å². The van der Waals surface area contributed by atoms with E-state index in [1.54, 1.807) is 11.3 Å². The second kappa shape index (κ2) is 9.44. The van der Waals surface area contributed by atoms with Gasteiger partial charge in [0.15, 0.2) is 0 Å². The second-order valence-electron chi connectivity index (χ2n) is 7.96. The quantitative estimate of drug-likeness (QED) is 0.735. The molecule has 1 aromatic heterocycles. The Morgan fingerprint density at radius 1 is 0.897 bits per heavy atom. The normalized spacial score (nSPS) is 19.8. The lowest BCUT2D eigenvalue weighted by Gasteiger charge is -2.32. The van der Waals surface area contributed by atoms with E-state index < -0.39 is 0 Å². The molecule has 29 heavy (non-hydrogen) atoms. The van der Waals surface area contributed by atoms with Gasteiger partial charge in [0.05, 0.1) is 12.2 Å². The molecule has 0 aliphatic carbocycles. The van der Waals surface area contributed by atoms with Gasteiger partial charge in [0.2, 0.25) is 0 Å². The monoisotopic (exact) mass is 412 g/mol. The molecule has 0 saturated carbocycles. The highest BCUT2D eigenvalue weighted by Crippen LogP contribution is 2.22. The Morgan fingerprint density at radius 2 is 1.62 bits per heavy atom. The van der Waals surface area contributed by atoms with Gasteiger partial charge in [-0.25, -0.2) is 0 Å². The maximum Gasteiger partial charge on any atom is 0.254 e.